The van der Waals surface area contributed by atoms with Gasteiger partial charge >= 0.3 is 0 Å². The molecule has 13 heavy (non-hydrogen) atoms. The summed E-state index contributed by atoms with van der Waals surface area (Å²) in [4.78, 5) is 0. The lowest BCUT2D eigenvalue weighted by Gasteiger charge is -2.11. The normalized spacial score (nSPS) is 16.6. The molecule has 1 rings (SSSR count). The summed E-state index contributed by atoms with van der Waals surface area (Å²) in [6.07, 6.45) is 7.14. The van der Waals surface area contributed by atoms with Gasteiger partial charge in [-0.15, -0.1) is 0 Å². The molecule has 1 heteroatoms. The van der Waals surface area contributed by atoms with E-state index in [1.165, 1.54) is 11.1 Å². The molecule has 0 saturated heterocycles. The van der Waals surface area contributed by atoms with Crippen molar-refractivity contribution in [3.8, 4) is 0 Å². The van der Waals surface area contributed by atoms with Gasteiger partial charge in [0.2, 0.25) is 0 Å². The second kappa shape index (κ2) is 3.76. The molecule has 70 valence electrons. The van der Waals surface area contributed by atoms with Gasteiger partial charge in [-0.25, -0.2) is 0 Å². The lowest BCUT2D eigenvalue weighted by atomic mass is 9.89. The van der Waals surface area contributed by atoms with Gasteiger partial charge in [0.15, 0.2) is 5.70 Å². The summed E-state index contributed by atoms with van der Waals surface area (Å²) in [6.45, 7) is 8.63. The largest absolute Gasteiger partial charge is 0.376 e. The number of allylic oxidation sites excluding steroid dienone is 5. The molecule has 0 saturated carbocycles. The summed E-state index contributed by atoms with van der Waals surface area (Å²) in [5.41, 5.74) is 9.44. The van der Waals surface area contributed by atoms with Crippen molar-refractivity contribution in [3.63, 3.8) is 0 Å². The third kappa shape index (κ3) is 1.99. The first kappa shape index (κ1) is 10.0. The van der Waals surface area contributed by atoms with Gasteiger partial charge in [0.1, 0.15) is 12.2 Å². The highest BCUT2D eigenvalue weighted by molar-refractivity contribution is 5.44. The van der Waals surface area contributed by atoms with Crippen LogP contribution in [0.15, 0.2) is 29.0 Å². The van der Waals surface area contributed by atoms with Gasteiger partial charge in [-0.2, -0.15) is 0 Å². The summed E-state index contributed by atoms with van der Waals surface area (Å²) >= 11 is 0. The van der Waals surface area contributed by atoms with Gasteiger partial charge in [0.05, 0.1) is 11.1 Å². The van der Waals surface area contributed by atoms with E-state index in [-0.39, 0.29) is 0 Å². The molecule has 0 spiro atoms. The number of hydrogen-bond acceptors (Lipinski definition) is 1. The predicted molar refractivity (Wildman–Crippen MR) is 56.8 cm³/mol. The van der Waals surface area contributed by atoms with Gasteiger partial charge in [-0.3, -0.25) is 0 Å². The average molecular weight is 176 g/mol. The van der Waals surface area contributed by atoms with Gasteiger partial charge in [0, 0.05) is 17.9 Å². The molecule has 0 radical (unpaired) electrons. The van der Waals surface area contributed by atoms with E-state index in [2.05, 4.69) is 33.8 Å². The van der Waals surface area contributed by atoms with E-state index in [9.17, 15) is 0 Å². The first-order valence-corrected chi connectivity index (χ1v) is 4.83. The van der Waals surface area contributed by atoms with E-state index in [4.69, 9.17) is 5.73 Å². The van der Waals surface area contributed by atoms with Crippen LogP contribution in [0.4, 0.5) is 0 Å². The van der Waals surface area contributed by atoms with Crippen molar-refractivity contribution in [1.82, 2.24) is 0 Å². The monoisotopic (exact) mass is 176 g/mol. The number of rotatable bonds is 2. The maximum Gasteiger partial charge on any atom is 0.152 e. The minimum Gasteiger partial charge on any atom is -0.376 e. The van der Waals surface area contributed by atoms with Crippen molar-refractivity contribution in [2.75, 3.05) is 0 Å². The van der Waals surface area contributed by atoms with E-state index in [1.807, 2.05) is 12.2 Å². The van der Waals surface area contributed by atoms with Crippen LogP contribution in [0.2, 0.25) is 0 Å². The zero-order chi connectivity index (χ0) is 10.0. The molecule has 0 aromatic heterocycles. The first-order chi connectivity index (χ1) is 6.04. The zero-order valence-corrected chi connectivity index (χ0v) is 8.89. The third-order valence-corrected chi connectivity index (χ3v) is 2.34. The SMILES string of the molecule is CC(C)C1=C[C+]=CC(C(C)C)=C1N. The molecule has 0 atom stereocenters. The Labute approximate surface area is 81.0 Å². The fourth-order valence-electron chi connectivity index (χ4n) is 1.50. The lowest BCUT2D eigenvalue weighted by molar-refractivity contribution is 0.735. The molecule has 0 fully saturated rings. The van der Waals surface area contributed by atoms with Crippen molar-refractivity contribution >= 4 is 0 Å². The Morgan fingerprint density at radius 3 is 2.23 bits per heavy atom. The summed E-state index contributed by atoms with van der Waals surface area (Å²) in [6, 6.07) is 0. The molecular weight excluding hydrogens is 158 g/mol. The molecule has 0 unspecified atom stereocenters. The minimum atomic E-state index is 0.481. The Morgan fingerprint density at radius 2 is 1.77 bits per heavy atom. The zero-order valence-electron chi connectivity index (χ0n) is 8.89. The van der Waals surface area contributed by atoms with Crippen LogP contribution in [0.5, 0.6) is 0 Å². The topological polar surface area (TPSA) is 26.0 Å². The maximum atomic E-state index is 6.07. The molecule has 0 aliphatic heterocycles. The molecule has 0 amide bonds. The molecule has 2 N–H and O–H groups in total. The summed E-state index contributed by atoms with van der Waals surface area (Å²) < 4.78 is 0. The van der Waals surface area contributed by atoms with Crippen LogP contribution in [-0.4, -0.2) is 0 Å². The smallest absolute Gasteiger partial charge is 0.152 e. The summed E-state index contributed by atoms with van der Waals surface area (Å²) in [7, 11) is 0. The molecule has 0 heterocycles. The molecule has 0 aromatic rings. The lowest BCUT2D eigenvalue weighted by Crippen LogP contribution is -2.13. The molecule has 1 nitrogen and oxygen atoms in total. The molecule has 0 bridgehead atoms. The molecule has 0 aromatic carbocycles. The van der Waals surface area contributed by atoms with E-state index in [0.29, 0.717) is 11.8 Å². The number of hydrogen-bond donors (Lipinski definition) is 1. The van der Waals surface area contributed by atoms with Gasteiger partial charge < -0.3 is 5.73 Å². The van der Waals surface area contributed by atoms with Crippen LogP contribution in [0.1, 0.15) is 27.7 Å². The fraction of sp³-hybridized carbons (Fsp3) is 0.500. The highest BCUT2D eigenvalue weighted by Gasteiger charge is 2.23. The van der Waals surface area contributed by atoms with Gasteiger partial charge in [-0.1, -0.05) is 0 Å². The van der Waals surface area contributed by atoms with Crippen LogP contribution in [0.25, 0.3) is 0 Å². The van der Waals surface area contributed by atoms with Crippen molar-refractivity contribution in [3.05, 3.63) is 35.1 Å². The second-order valence-electron chi connectivity index (χ2n) is 4.09. The van der Waals surface area contributed by atoms with E-state index < -0.39 is 0 Å². The van der Waals surface area contributed by atoms with Crippen LogP contribution in [0, 0.1) is 17.9 Å². The Kier molecular flexibility index (Phi) is 2.90. The van der Waals surface area contributed by atoms with Crippen molar-refractivity contribution in [2.45, 2.75) is 27.7 Å². The minimum absolute atomic E-state index is 0.481. The van der Waals surface area contributed by atoms with E-state index >= 15 is 0 Å². The molecule has 1 aliphatic rings. The Balaban J connectivity index is 3.06. The number of nitrogens with two attached hydrogens (primary N) is 1. The quantitative estimate of drug-likeness (QED) is 0.643. The Morgan fingerprint density at radius 1 is 1.15 bits per heavy atom. The van der Waals surface area contributed by atoms with Crippen LogP contribution in [0.3, 0.4) is 0 Å². The van der Waals surface area contributed by atoms with Crippen molar-refractivity contribution in [2.24, 2.45) is 17.6 Å². The molecule has 1 aliphatic carbocycles. The Bertz CT molecular complexity index is 277. The maximum absolute atomic E-state index is 6.07. The van der Waals surface area contributed by atoms with Crippen LogP contribution in [-0.2, 0) is 0 Å². The van der Waals surface area contributed by atoms with Crippen molar-refractivity contribution < 1.29 is 0 Å². The van der Waals surface area contributed by atoms with Gasteiger partial charge in [0.25, 0.3) is 0 Å². The van der Waals surface area contributed by atoms with Crippen LogP contribution < -0.4 is 5.73 Å². The highest BCUT2D eigenvalue weighted by atomic mass is 14.6. The van der Waals surface area contributed by atoms with Crippen molar-refractivity contribution in [1.29, 1.82) is 0 Å². The second-order valence-corrected chi connectivity index (χ2v) is 4.09. The van der Waals surface area contributed by atoms with E-state index in [0.717, 1.165) is 5.70 Å². The average Bonchev–Trinajstić information content (AvgIpc) is 2.03. The predicted octanol–water partition coefficient (Wildman–Crippen LogP) is 2.81. The standard InChI is InChI=1S/C12H18N/c1-8(2)10-6-5-7-11(9(3)4)12(10)13/h6-9H,13H2,1-4H3/q+1. The summed E-state index contributed by atoms with van der Waals surface area (Å²) in [5.74, 6) is 0.963. The highest BCUT2D eigenvalue weighted by Crippen LogP contribution is 2.26. The fourth-order valence-corrected chi connectivity index (χ4v) is 1.50. The van der Waals surface area contributed by atoms with Crippen LogP contribution >= 0.6 is 0 Å². The summed E-state index contributed by atoms with van der Waals surface area (Å²) in [5, 5.41) is 0. The molecular formula is C12H18N+. The Hall–Kier alpha value is -1.07. The van der Waals surface area contributed by atoms with Gasteiger partial charge in [-0.05, 0) is 27.7 Å². The van der Waals surface area contributed by atoms with E-state index in [1.54, 1.807) is 0 Å². The first-order valence-electron chi connectivity index (χ1n) is 4.83. The third-order valence-electron chi connectivity index (χ3n) is 2.34.